The van der Waals surface area contributed by atoms with Gasteiger partial charge in [0.25, 0.3) is 0 Å². The van der Waals surface area contributed by atoms with Crippen LogP contribution in [-0.2, 0) is 10.0 Å². The molecule has 1 aliphatic heterocycles. The van der Waals surface area contributed by atoms with Crippen LogP contribution in [0.5, 0.6) is 0 Å². The molecule has 1 aliphatic rings. The quantitative estimate of drug-likeness (QED) is 0.664. The van der Waals surface area contributed by atoms with Crippen LogP contribution in [0.15, 0.2) is 0 Å². The summed E-state index contributed by atoms with van der Waals surface area (Å²) in [4.78, 5) is 2.21. The molecule has 0 aromatic carbocycles. The summed E-state index contributed by atoms with van der Waals surface area (Å²) >= 11 is 0. The van der Waals surface area contributed by atoms with E-state index >= 15 is 0 Å². The van der Waals surface area contributed by atoms with Gasteiger partial charge < -0.3 is 5.32 Å². The summed E-state index contributed by atoms with van der Waals surface area (Å²) in [5.41, 5.74) is 0. The Morgan fingerprint density at radius 1 is 1.40 bits per heavy atom. The van der Waals surface area contributed by atoms with Crippen LogP contribution < -0.4 is 10.5 Å². The van der Waals surface area contributed by atoms with Gasteiger partial charge in [0.2, 0.25) is 10.0 Å². The van der Waals surface area contributed by atoms with Gasteiger partial charge in [-0.15, -0.1) is 0 Å². The van der Waals surface area contributed by atoms with Crippen LogP contribution in [-0.4, -0.2) is 51.3 Å². The van der Waals surface area contributed by atoms with E-state index in [4.69, 9.17) is 5.14 Å². The second kappa shape index (κ2) is 5.79. The van der Waals surface area contributed by atoms with Crippen LogP contribution in [0.2, 0.25) is 0 Å². The first-order valence-corrected chi connectivity index (χ1v) is 7.19. The lowest BCUT2D eigenvalue weighted by Crippen LogP contribution is -2.45. The largest absolute Gasteiger partial charge is 0.317 e. The standard InChI is InChI=1S/C9H21N3O2S/c1-2-12(7-8-15(10,13)14)9-3-5-11-6-4-9/h9,11H,2-8H2,1H3,(H2,10,13,14). The fourth-order valence-electron chi connectivity index (χ4n) is 2.02. The number of hydrogen-bond donors (Lipinski definition) is 2. The number of primary sulfonamides is 1. The maximum Gasteiger partial charge on any atom is 0.210 e. The van der Waals surface area contributed by atoms with Crippen molar-refractivity contribution in [3.05, 3.63) is 0 Å². The summed E-state index contributed by atoms with van der Waals surface area (Å²) in [7, 11) is -3.33. The van der Waals surface area contributed by atoms with Crippen LogP contribution in [0.1, 0.15) is 19.8 Å². The van der Waals surface area contributed by atoms with Crippen molar-refractivity contribution >= 4 is 10.0 Å². The van der Waals surface area contributed by atoms with Crippen molar-refractivity contribution in [1.29, 1.82) is 0 Å². The number of nitrogens with zero attached hydrogens (tertiary/aromatic N) is 1. The smallest absolute Gasteiger partial charge is 0.210 e. The first-order chi connectivity index (χ1) is 7.03. The summed E-state index contributed by atoms with van der Waals surface area (Å²) in [6.07, 6.45) is 2.19. The van der Waals surface area contributed by atoms with E-state index in [0.717, 1.165) is 32.5 Å². The van der Waals surface area contributed by atoms with E-state index in [1.54, 1.807) is 0 Å². The van der Waals surface area contributed by atoms with Crippen LogP contribution in [0, 0.1) is 0 Å². The Morgan fingerprint density at radius 3 is 2.47 bits per heavy atom. The predicted molar refractivity (Wildman–Crippen MR) is 61.1 cm³/mol. The van der Waals surface area contributed by atoms with Gasteiger partial charge in [-0.05, 0) is 32.5 Å². The molecule has 0 unspecified atom stereocenters. The fourth-order valence-corrected chi connectivity index (χ4v) is 2.50. The van der Waals surface area contributed by atoms with Crippen molar-refractivity contribution in [3.8, 4) is 0 Å². The average molecular weight is 235 g/mol. The molecular formula is C9H21N3O2S. The number of sulfonamides is 1. The van der Waals surface area contributed by atoms with Crippen molar-refractivity contribution in [2.45, 2.75) is 25.8 Å². The second-order valence-corrected chi connectivity index (χ2v) is 5.71. The van der Waals surface area contributed by atoms with Crippen LogP contribution in [0.4, 0.5) is 0 Å². The first-order valence-electron chi connectivity index (χ1n) is 5.48. The van der Waals surface area contributed by atoms with Gasteiger partial charge in [-0.25, -0.2) is 13.6 Å². The van der Waals surface area contributed by atoms with Gasteiger partial charge in [0, 0.05) is 12.6 Å². The number of rotatable bonds is 5. The zero-order chi connectivity index (χ0) is 11.3. The molecule has 0 aromatic heterocycles. The van der Waals surface area contributed by atoms with Gasteiger partial charge in [-0.3, -0.25) is 4.90 Å². The second-order valence-electron chi connectivity index (χ2n) is 3.98. The molecule has 0 spiro atoms. The van der Waals surface area contributed by atoms with Crippen molar-refractivity contribution < 1.29 is 8.42 Å². The molecule has 0 bridgehead atoms. The number of piperidine rings is 1. The van der Waals surface area contributed by atoms with Gasteiger partial charge in [-0.2, -0.15) is 0 Å². The molecule has 15 heavy (non-hydrogen) atoms. The highest BCUT2D eigenvalue weighted by molar-refractivity contribution is 7.89. The Labute approximate surface area is 92.1 Å². The van der Waals surface area contributed by atoms with Crippen molar-refractivity contribution in [3.63, 3.8) is 0 Å². The first kappa shape index (κ1) is 12.9. The minimum atomic E-state index is -3.33. The van der Waals surface area contributed by atoms with E-state index in [-0.39, 0.29) is 5.75 Å². The Balaban J connectivity index is 2.40. The molecule has 1 fully saturated rings. The summed E-state index contributed by atoms with van der Waals surface area (Å²) in [6, 6.07) is 0.512. The van der Waals surface area contributed by atoms with E-state index in [2.05, 4.69) is 17.1 Å². The monoisotopic (exact) mass is 235 g/mol. The SMILES string of the molecule is CCN(CCS(N)(=O)=O)C1CCNCC1. The Bertz CT molecular complexity index is 273. The predicted octanol–water partition coefficient (Wildman–Crippen LogP) is -0.651. The minimum Gasteiger partial charge on any atom is -0.317 e. The van der Waals surface area contributed by atoms with Crippen molar-refractivity contribution in [1.82, 2.24) is 10.2 Å². The summed E-state index contributed by atoms with van der Waals surface area (Å²) in [6.45, 7) is 5.55. The number of hydrogen-bond acceptors (Lipinski definition) is 4. The maximum absolute atomic E-state index is 10.9. The average Bonchev–Trinajstić information content (AvgIpc) is 2.19. The third-order valence-electron chi connectivity index (χ3n) is 2.89. The highest BCUT2D eigenvalue weighted by Gasteiger charge is 2.20. The topological polar surface area (TPSA) is 75.4 Å². The molecule has 1 heterocycles. The van der Waals surface area contributed by atoms with Gasteiger partial charge in [0.15, 0.2) is 0 Å². The zero-order valence-electron chi connectivity index (χ0n) is 9.28. The third-order valence-corrected chi connectivity index (χ3v) is 3.65. The van der Waals surface area contributed by atoms with Crippen molar-refractivity contribution in [2.75, 3.05) is 31.9 Å². The van der Waals surface area contributed by atoms with Gasteiger partial charge in [0.05, 0.1) is 5.75 Å². The Morgan fingerprint density at radius 2 is 2.00 bits per heavy atom. The molecule has 0 atom stereocenters. The molecule has 1 rings (SSSR count). The lowest BCUT2D eigenvalue weighted by molar-refractivity contribution is 0.179. The van der Waals surface area contributed by atoms with E-state index in [1.165, 1.54) is 0 Å². The van der Waals surface area contributed by atoms with Crippen LogP contribution in [0.3, 0.4) is 0 Å². The van der Waals surface area contributed by atoms with E-state index < -0.39 is 10.0 Å². The van der Waals surface area contributed by atoms with E-state index in [9.17, 15) is 8.42 Å². The Hall–Kier alpha value is -0.170. The van der Waals surface area contributed by atoms with Crippen LogP contribution in [0.25, 0.3) is 0 Å². The summed E-state index contributed by atoms with van der Waals surface area (Å²) < 4.78 is 21.7. The maximum atomic E-state index is 10.9. The van der Waals surface area contributed by atoms with E-state index in [1.807, 2.05) is 0 Å². The Kier molecular flexibility index (Phi) is 4.98. The normalized spacial score (nSPS) is 19.7. The molecule has 0 radical (unpaired) electrons. The lowest BCUT2D eigenvalue weighted by Gasteiger charge is -2.33. The molecule has 1 saturated heterocycles. The highest BCUT2D eigenvalue weighted by atomic mass is 32.2. The summed E-state index contributed by atoms with van der Waals surface area (Å²) in [5, 5.41) is 8.30. The number of nitrogens with two attached hydrogens (primary N) is 1. The van der Waals surface area contributed by atoms with Gasteiger partial charge in [-0.1, -0.05) is 6.92 Å². The third kappa shape index (κ3) is 4.92. The van der Waals surface area contributed by atoms with Crippen molar-refractivity contribution in [2.24, 2.45) is 5.14 Å². The van der Waals surface area contributed by atoms with Gasteiger partial charge >= 0.3 is 0 Å². The van der Waals surface area contributed by atoms with Gasteiger partial charge in [0.1, 0.15) is 0 Å². The fraction of sp³-hybridized carbons (Fsp3) is 1.00. The van der Waals surface area contributed by atoms with E-state index in [0.29, 0.717) is 12.6 Å². The number of nitrogens with one attached hydrogen (secondary N) is 1. The molecule has 5 nitrogen and oxygen atoms in total. The molecule has 0 aliphatic carbocycles. The molecule has 6 heteroatoms. The molecule has 3 N–H and O–H groups in total. The molecular weight excluding hydrogens is 214 g/mol. The molecule has 0 saturated carbocycles. The molecule has 90 valence electrons. The zero-order valence-corrected chi connectivity index (χ0v) is 10.1. The molecule has 0 aromatic rings. The minimum absolute atomic E-state index is 0.0603. The lowest BCUT2D eigenvalue weighted by atomic mass is 10.1. The highest BCUT2D eigenvalue weighted by Crippen LogP contribution is 2.11. The summed E-state index contributed by atoms with van der Waals surface area (Å²) in [5.74, 6) is 0.0603. The van der Waals surface area contributed by atoms with Crippen LogP contribution >= 0.6 is 0 Å². The molecule has 0 amide bonds.